The fourth-order valence-corrected chi connectivity index (χ4v) is 6.30. The highest BCUT2D eigenvalue weighted by molar-refractivity contribution is 7.80. The van der Waals surface area contributed by atoms with Crippen LogP contribution in [0.5, 0.6) is 5.75 Å². The van der Waals surface area contributed by atoms with Crippen molar-refractivity contribution in [2.24, 2.45) is 5.92 Å². The third-order valence-electron chi connectivity index (χ3n) is 8.22. The number of hydrogen-bond donors (Lipinski definition) is 0. The molecule has 0 radical (unpaired) electrons. The summed E-state index contributed by atoms with van der Waals surface area (Å²) in [5.41, 5.74) is 4.72. The van der Waals surface area contributed by atoms with Gasteiger partial charge in [0.1, 0.15) is 16.6 Å². The summed E-state index contributed by atoms with van der Waals surface area (Å²) in [6.45, 7) is 8.48. The van der Waals surface area contributed by atoms with Crippen molar-refractivity contribution in [3.8, 4) is 5.75 Å². The van der Waals surface area contributed by atoms with Crippen molar-refractivity contribution >= 4 is 28.2 Å². The first-order chi connectivity index (χ1) is 17.7. The smallest absolute Gasteiger partial charge is 0.119 e. The van der Waals surface area contributed by atoms with Gasteiger partial charge in [-0.15, -0.1) is 0 Å². The van der Waals surface area contributed by atoms with E-state index in [2.05, 4.69) is 56.8 Å². The van der Waals surface area contributed by atoms with Gasteiger partial charge in [0.2, 0.25) is 0 Å². The van der Waals surface area contributed by atoms with Crippen molar-refractivity contribution in [3.05, 3.63) is 59.4 Å². The van der Waals surface area contributed by atoms with E-state index in [1.54, 1.807) is 0 Å². The molecule has 1 aliphatic carbocycles. The Balaban J connectivity index is 1.20. The molecule has 3 aromatic rings. The van der Waals surface area contributed by atoms with E-state index < -0.39 is 0 Å². The standard InChI is InChI=1S/C30H38N4OS/c1-2-35-26-10-7-22(8-11-26)19-29-31-27-20-24(9-12-28(27)34(29)21-23-5-6-23)30(36)33-17-13-25(14-18-33)32-15-3-4-16-32/h7-12,20,23,25H,2-6,13-19,21H2,1H3. The summed E-state index contributed by atoms with van der Waals surface area (Å²) in [7, 11) is 0. The zero-order valence-electron chi connectivity index (χ0n) is 21.5. The minimum atomic E-state index is 0.692. The molecular weight excluding hydrogens is 464 g/mol. The Hall–Kier alpha value is -2.44. The molecule has 0 N–H and O–H groups in total. The highest BCUT2D eigenvalue weighted by Gasteiger charge is 2.28. The van der Waals surface area contributed by atoms with Crippen molar-refractivity contribution < 1.29 is 4.74 Å². The van der Waals surface area contributed by atoms with Crippen molar-refractivity contribution in [2.75, 3.05) is 32.8 Å². The van der Waals surface area contributed by atoms with Crippen LogP contribution in [0.4, 0.5) is 0 Å². The number of benzene rings is 2. The molecule has 2 aliphatic heterocycles. The number of nitrogens with zero attached hydrogens (tertiary/aromatic N) is 4. The van der Waals surface area contributed by atoms with Gasteiger partial charge in [-0.1, -0.05) is 24.4 Å². The van der Waals surface area contributed by atoms with Crippen LogP contribution in [0.1, 0.15) is 62.4 Å². The highest BCUT2D eigenvalue weighted by atomic mass is 32.1. The number of imidazole rings is 1. The van der Waals surface area contributed by atoms with E-state index >= 15 is 0 Å². The molecule has 3 heterocycles. The first-order valence-corrected chi connectivity index (χ1v) is 14.3. The number of hydrogen-bond acceptors (Lipinski definition) is 4. The van der Waals surface area contributed by atoms with E-state index in [4.69, 9.17) is 21.9 Å². The van der Waals surface area contributed by atoms with Crippen LogP contribution in [0.25, 0.3) is 11.0 Å². The maximum atomic E-state index is 6.00. The fraction of sp³-hybridized carbons (Fsp3) is 0.533. The summed E-state index contributed by atoms with van der Waals surface area (Å²) in [5, 5.41) is 0. The average molecular weight is 503 g/mol. The second kappa shape index (κ2) is 10.5. The summed E-state index contributed by atoms with van der Waals surface area (Å²) in [4.78, 5) is 11.3. The Kier molecular flexibility index (Phi) is 6.98. The van der Waals surface area contributed by atoms with Crippen LogP contribution in [0.2, 0.25) is 0 Å². The normalized spacial score (nSPS) is 19.3. The monoisotopic (exact) mass is 502 g/mol. The lowest BCUT2D eigenvalue weighted by molar-refractivity contribution is 0.165. The van der Waals surface area contributed by atoms with Gasteiger partial charge in [-0.2, -0.15) is 0 Å². The van der Waals surface area contributed by atoms with Gasteiger partial charge in [-0.3, -0.25) is 0 Å². The average Bonchev–Trinajstić information content (AvgIpc) is 3.43. The minimum absolute atomic E-state index is 0.692. The molecule has 2 saturated heterocycles. The van der Waals surface area contributed by atoms with Gasteiger partial charge in [-0.25, -0.2) is 4.98 Å². The molecule has 1 saturated carbocycles. The van der Waals surface area contributed by atoms with E-state index in [0.717, 1.165) is 65.7 Å². The van der Waals surface area contributed by atoms with Gasteiger partial charge in [0.25, 0.3) is 0 Å². The Morgan fingerprint density at radius 1 is 0.972 bits per heavy atom. The molecule has 36 heavy (non-hydrogen) atoms. The van der Waals surface area contributed by atoms with Gasteiger partial charge in [0.05, 0.1) is 17.6 Å². The summed E-state index contributed by atoms with van der Waals surface area (Å²) >= 11 is 6.00. The molecule has 1 aromatic heterocycles. The minimum Gasteiger partial charge on any atom is -0.494 e. The topological polar surface area (TPSA) is 33.5 Å². The van der Waals surface area contributed by atoms with Gasteiger partial charge < -0.3 is 19.1 Å². The molecule has 0 bridgehead atoms. The summed E-state index contributed by atoms with van der Waals surface area (Å²) in [6.07, 6.45) is 8.68. The van der Waals surface area contributed by atoms with Gasteiger partial charge in [0, 0.05) is 37.7 Å². The lowest BCUT2D eigenvalue weighted by Crippen LogP contribution is -2.45. The first kappa shape index (κ1) is 23.9. The Labute approximate surface area is 220 Å². The third kappa shape index (κ3) is 5.16. The Morgan fingerprint density at radius 3 is 2.42 bits per heavy atom. The van der Waals surface area contributed by atoms with Crippen LogP contribution in [0.3, 0.4) is 0 Å². The van der Waals surface area contributed by atoms with Crippen molar-refractivity contribution in [3.63, 3.8) is 0 Å². The van der Waals surface area contributed by atoms with Crippen molar-refractivity contribution in [1.29, 1.82) is 0 Å². The predicted octanol–water partition coefficient (Wildman–Crippen LogP) is 5.67. The zero-order chi connectivity index (χ0) is 24.5. The lowest BCUT2D eigenvalue weighted by Gasteiger charge is -2.37. The number of ether oxygens (including phenoxy) is 1. The Morgan fingerprint density at radius 2 is 1.72 bits per heavy atom. The molecule has 0 atom stereocenters. The van der Waals surface area contributed by atoms with E-state index in [-0.39, 0.29) is 0 Å². The van der Waals surface area contributed by atoms with Crippen molar-refractivity contribution in [2.45, 2.75) is 64.5 Å². The molecule has 0 spiro atoms. The van der Waals surface area contributed by atoms with E-state index in [1.165, 1.54) is 62.7 Å². The summed E-state index contributed by atoms with van der Waals surface area (Å²) in [6, 6.07) is 15.9. The maximum Gasteiger partial charge on any atom is 0.119 e. The quantitative estimate of drug-likeness (QED) is 0.371. The van der Waals surface area contributed by atoms with Crippen LogP contribution < -0.4 is 4.74 Å². The van der Waals surface area contributed by atoms with Gasteiger partial charge in [0.15, 0.2) is 0 Å². The van der Waals surface area contributed by atoms with E-state index in [9.17, 15) is 0 Å². The number of thiocarbonyl (C=S) groups is 1. The number of fused-ring (bicyclic) bond motifs is 1. The molecule has 0 unspecified atom stereocenters. The van der Waals surface area contributed by atoms with Crippen LogP contribution in [-0.2, 0) is 13.0 Å². The number of likely N-dealkylation sites (tertiary alicyclic amines) is 2. The highest BCUT2D eigenvalue weighted by Crippen LogP contribution is 2.33. The number of rotatable bonds is 8. The molecule has 6 heteroatoms. The number of piperidine rings is 1. The zero-order valence-corrected chi connectivity index (χ0v) is 22.3. The lowest BCUT2D eigenvalue weighted by atomic mass is 10.0. The van der Waals surface area contributed by atoms with Crippen LogP contribution in [0.15, 0.2) is 42.5 Å². The molecule has 6 rings (SSSR count). The van der Waals surface area contributed by atoms with E-state index in [0.29, 0.717) is 6.61 Å². The predicted molar refractivity (Wildman–Crippen MR) is 150 cm³/mol. The largest absolute Gasteiger partial charge is 0.494 e. The van der Waals surface area contributed by atoms with Crippen LogP contribution >= 0.6 is 12.2 Å². The molecule has 2 aromatic carbocycles. The second-order valence-corrected chi connectivity index (χ2v) is 11.2. The molecule has 3 aliphatic rings. The maximum absolute atomic E-state index is 6.00. The molecular formula is C30H38N4OS. The molecule has 0 amide bonds. The Bertz CT molecular complexity index is 1200. The third-order valence-corrected chi connectivity index (χ3v) is 8.71. The van der Waals surface area contributed by atoms with Gasteiger partial charge in [-0.05, 0) is 100 Å². The second-order valence-electron chi connectivity index (χ2n) is 10.8. The molecule has 5 nitrogen and oxygen atoms in total. The summed E-state index contributed by atoms with van der Waals surface area (Å²) in [5.74, 6) is 2.87. The molecule has 190 valence electrons. The van der Waals surface area contributed by atoms with Crippen molar-refractivity contribution in [1.82, 2.24) is 19.4 Å². The van der Waals surface area contributed by atoms with E-state index in [1.807, 2.05) is 6.92 Å². The summed E-state index contributed by atoms with van der Waals surface area (Å²) < 4.78 is 8.08. The fourth-order valence-electron chi connectivity index (χ4n) is 5.99. The van der Waals surface area contributed by atoms with Crippen LogP contribution in [0, 0.1) is 5.92 Å². The van der Waals surface area contributed by atoms with Crippen LogP contribution in [-0.4, -0.2) is 63.2 Å². The first-order valence-electron chi connectivity index (χ1n) is 13.9. The molecule has 3 fully saturated rings. The SMILES string of the molecule is CCOc1ccc(Cc2nc3cc(C(=S)N4CCC(N5CCCC5)CC4)ccc3n2CC2CC2)cc1. The van der Waals surface area contributed by atoms with Gasteiger partial charge >= 0.3 is 0 Å². The number of aromatic nitrogens is 2.